The van der Waals surface area contributed by atoms with E-state index in [9.17, 15) is 9.59 Å². The van der Waals surface area contributed by atoms with Gasteiger partial charge in [0.05, 0.1) is 6.33 Å². The highest BCUT2D eigenvalue weighted by atomic mass is 16.2. The molecule has 6 nitrogen and oxygen atoms in total. The van der Waals surface area contributed by atoms with Crippen LogP contribution < -0.4 is 11.2 Å². The van der Waals surface area contributed by atoms with E-state index in [2.05, 4.69) is 15.0 Å². The normalized spacial score (nSPS) is 13.5. The van der Waals surface area contributed by atoms with E-state index in [1.54, 1.807) is 0 Å². The molecule has 86 valence electrons. The number of imidazole rings is 1. The topological polar surface area (TPSA) is 83.5 Å². The summed E-state index contributed by atoms with van der Waals surface area (Å²) in [6.45, 7) is 5.78. The van der Waals surface area contributed by atoms with Gasteiger partial charge in [0.25, 0.3) is 5.56 Å². The highest BCUT2D eigenvalue weighted by Gasteiger charge is 2.16. The van der Waals surface area contributed by atoms with Gasteiger partial charge in [-0.15, -0.1) is 0 Å². The molecule has 2 aromatic rings. The average Bonchev–Trinajstić information content (AvgIpc) is 2.65. The Morgan fingerprint density at radius 1 is 1.31 bits per heavy atom. The van der Waals surface area contributed by atoms with Gasteiger partial charge in [-0.1, -0.05) is 13.8 Å². The molecule has 0 bridgehead atoms. The Morgan fingerprint density at radius 2 is 2.00 bits per heavy atom. The predicted molar refractivity (Wildman–Crippen MR) is 60.5 cm³/mol. The van der Waals surface area contributed by atoms with Crippen LogP contribution in [0.4, 0.5) is 0 Å². The zero-order valence-corrected chi connectivity index (χ0v) is 9.44. The van der Waals surface area contributed by atoms with Crippen LogP contribution >= 0.6 is 0 Å². The van der Waals surface area contributed by atoms with Crippen LogP contribution in [0.2, 0.25) is 0 Å². The van der Waals surface area contributed by atoms with Crippen molar-refractivity contribution >= 4 is 11.2 Å². The van der Waals surface area contributed by atoms with Gasteiger partial charge in [-0.05, 0) is 12.8 Å². The van der Waals surface area contributed by atoms with Crippen molar-refractivity contribution < 1.29 is 0 Å². The molecular weight excluding hydrogens is 208 g/mol. The van der Waals surface area contributed by atoms with E-state index in [4.69, 9.17) is 0 Å². The SMILES string of the molecule is CC(C)C(C)n1c(=O)[nH]c2nc[nH]c2c1=O. The number of hydrogen-bond donors (Lipinski definition) is 2. The first-order valence-electron chi connectivity index (χ1n) is 5.20. The molecule has 6 heteroatoms. The minimum absolute atomic E-state index is 0.149. The lowest BCUT2D eigenvalue weighted by atomic mass is 10.1. The van der Waals surface area contributed by atoms with Crippen molar-refractivity contribution in [3.63, 3.8) is 0 Å². The zero-order chi connectivity index (χ0) is 11.9. The number of rotatable bonds is 2. The minimum Gasteiger partial charge on any atom is -0.339 e. The van der Waals surface area contributed by atoms with Gasteiger partial charge in [-0.3, -0.25) is 14.3 Å². The number of nitrogens with zero attached hydrogens (tertiary/aromatic N) is 2. The largest absolute Gasteiger partial charge is 0.339 e. The maximum absolute atomic E-state index is 12.0. The van der Waals surface area contributed by atoms with E-state index < -0.39 is 5.69 Å². The molecule has 16 heavy (non-hydrogen) atoms. The van der Waals surface area contributed by atoms with Crippen LogP contribution in [0.3, 0.4) is 0 Å². The van der Waals surface area contributed by atoms with Gasteiger partial charge in [0.15, 0.2) is 5.65 Å². The van der Waals surface area contributed by atoms with Gasteiger partial charge in [0.2, 0.25) is 0 Å². The summed E-state index contributed by atoms with van der Waals surface area (Å²) in [5.41, 5.74) is -0.0856. The molecule has 0 fully saturated rings. The Morgan fingerprint density at radius 3 is 2.62 bits per heavy atom. The van der Waals surface area contributed by atoms with Crippen molar-refractivity contribution in [1.29, 1.82) is 0 Å². The van der Waals surface area contributed by atoms with Gasteiger partial charge < -0.3 is 4.98 Å². The third-order valence-corrected chi connectivity index (χ3v) is 2.89. The van der Waals surface area contributed by atoms with Crippen LogP contribution in [0, 0.1) is 5.92 Å². The van der Waals surface area contributed by atoms with E-state index in [0.717, 1.165) is 0 Å². The molecule has 0 saturated carbocycles. The van der Waals surface area contributed by atoms with Gasteiger partial charge in [0.1, 0.15) is 5.52 Å². The van der Waals surface area contributed by atoms with E-state index in [0.29, 0.717) is 11.2 Å². The quantitative estimate of drug-likeness (QED) is 0.781. The van der Waals surface area contributed by atoms with Crippen molar-refractivity contribution in [1.82, 2.24) is 19.5 Å². The van der Waals surface area contributed by atoms with Gasteiger partial charge in [0, 0.05) is 6.04 Å². The number of hydrogen-bond acceptors (Lipinski definition) is 3. The maximum Gasteiger partial charge on any atom is 0.330 e. The second kappa shape index (κ2) is 3.62. The van der Waals surface area contributed by atoms with E-state index in [-0.39, 0.29) is 17.5 Å². The second-order valence-electron chi connectivity index (χ2n) is 4.22. The second-order valence-corrected chi connectivity index (χ2v) is 4.22. The summed E-state index contributed by atoms with van der Waals surface area (Å²) < 4.78 is 1.23. The summed E-state index contributed by atoms with van der Waals surface area (Å²) in [5.74, 6) is 0.208. The van der Waals surface area contributed by atoms with Crippen molar-refractivity contribution in [2.75, 3.05) is 0 Å². The summed E-state index contributed by atoms with van der Waals surface area (Å²) in [4.78, 5) is 33.0. The van der Waals surface area contributed by atoms with Crippen LogP contribution in [-0.4, -0.2) is 19.5 Å². The number of fused-ring (bicyclic) bond motifs is 1. The van der Waals surface area contributed by atoms with Crippen LogP contribution in [-0.2, 0) is 0 Å². The van der Waals surface area contributed by atoms with Crippen molar-refractivity contribution in [3.05, 3.63) is 27.2 Å². The molecular formula is C10H14N4O2. The molecule has 0 radical (unpaired) electrons. The molecule has 2 heterocycles. The third-order valence-electron chi connectivity index (χ3n) is 2.89. The maximum atomic E-state index is 12.0. The monoisotopic (exact) mass is 222 g/mol. The zero-order valence-electron chi connectivity index (χ0n) is 9.44. The number of aromatic amines is 2. The molecule has 0 spiro atoms. The molecule has 2 N–H and O–H groups in total. The lowest BCUT2D eigenvalue weighted by Crippen LogP contribution is -2.38. The highest BCUT2D eigenvalue weighted by molar-refractivity contribution is 5.67. The molecule has 1 atom stereocenters. The molecule has 0 aliphatic carbocycles. The fraction of sp³-hybridized carbons (Fsp3) is 0.500. The minimum atomic E-state index is -0.411. The van der Waals surface area contributed by atoms with Crippen LogP contribution in [0.1, 0.15) is 26.8 Å². The van der Waals surface area contributed by atoms with Crippen LogP contribution in [0.5, 0.6) is 0 Å². The predicted octanol–water partition coefficient (Wildman–Crippen LogP) is 0.630. The average molecular weight is 222 g/mol. The van der Waals surface area contributed by atoms with Crippen molar-refractivity contribution in [2.45, 2.75) is 26.8 Å². The Balaban J connectivity index is 2.79. The third kappa shape index (κ3) is 1.46. The molecule has 0 aliphatic rings. The molecule has 0 amide bonds. The Hall–Kier alpha value is -1.85. The number of aromatic nitrogens is 4. The first-order valence-corrected chi connectivity index (χ1v) is 5.20. The summed E-state index contributed by atoms with van der Waals surface area (Å²) in [6.07, 6.45) is 1.40. The van der Waals surface area contributed by atoms with Crippen molar-refractivity contribution in [3.8, 4) is 0 Å². The van der Waals surface area contributed by atoms with E-state index in [1.807, 2.05) is 20.8 Å². The van der Waals surface area contributed by atoms with Gasteiger partial charge >= 0.3 is 5.69 Å². The highest BCUT2D eigenvalue weighted by Crippen LogP contribution is 2.12. The van der Waals surface area contributed by atoms with Crippen LogP contribution in [0.15, 0.2) is 15.9 Å². The number of H-pyrrole nitrogens is 2. The first kappa shape index (κ1) is 10.7. The van der Waals surface area contributed by atoms with Crippen molar-refractivity contribution in [2.24, 2.45) is 5.92 Å². The standard InChI is InChI=1S/C10H14N4O2/c1-5(2)6(3)14-9(15)7-8(12-4-11-7)13-10(14)16/h4-6H,1-3H3,(H,11,12)(H,13,16). The lowest BCUT2D eigenvalue weighted by molar-refractivity contribution is 0.386. The smallest absolute Gasteiger partial charge is 0.330 e. The summed E-state index contributed by atoms with van der Waals surface area (Å²) in [7, 11) is 0. The molecule has 1 unspecified atom stereocenters. The fourth-order valence-corrected chi connectivity index (χ4v) is 1.59. The Labute approximate surface area is 91.3 Å². The molecule has 0 aromatic carbocycles. The van der Waals surface area contributed by atoms with Gasteiger partial charge in [-0.2, -0.15) is 0 Å². The summed E-state index contributed by atoms with van der Waals surface area (Å²) in [6, 6.07) is -0.149. The Kier molecular flexibility index (Phi) is 2.41. The first-order chi connectivity index (χ1) is 7.52. The van der Waals surface area contributed by atoms with Crippen LogP contribution in [0.25, 0.3) is 11.2 Å². The summed E-state index contributed by atoms with van der Waals surface area (Å²) in [5, 5.41) is 0. The molecule has 2 aromatic heterocycles. The molecule has 0 saturated heterocycles. The number of nitrogens with one attached hydrogen (secondary N) is 2. The fourth-order valence-electron chi connectivity index (χ4n) is 1.59. The van der Waals surface area contributed by atoms with E-state index >= 15 is 0 Å². The van der Waals surface area contributed by atoms with E-state index in [1.165, 1.54) is 10.9 Å². The summed E-state index contributed by atoms with van der Waals surface area (Å²) >= 11 is 0. The molecule has 2 rings (SSSR count). The molecule has 0 aliphatic heterocycles. The van der Waals surface area contributed by atoms with Gasteiger partial charge in [-0.25, -0.2) is 9.78 Å². The Bertz CT molecular complexity index is 620. The lowest BCUT2D eigenvalue weighted by Gasteiger charge is -2.17.